The second kappa shape index (κ2) is 7.99. The summed E-state index contributed by atoms with van der Waals surface area (Å²) in [5, 5.41) is 6.62. The van der Waals surface area contributed by atoms with Crippen molar-refractivity contribution < 1.29 is 9.53 Å². The van der Waals surface area contributed by atoms with Gasteiger partial charge in [-0.15, -0.1) is 0 Å². The third-order valence-corrected chi connectivity index (χ3v) is 4.63. The van der Waals surface area contributed by atoms with Crippen LogP contribution >= 0.6 is 0 Å². The Balaban J connectivity index is 1.66. The van der Waals surface area contributed by atoms with Crippen LogP contribution in [0.5, 0.6) is 0 Å². The molecule has 0 radical (unpaired) electrons. The number of carbonyl (C=O) groups is 1. The van der Waals surface area contributed by atoms with Gasteiger partial charge in [0.25, 0.3) is 0 Å². The van der Waals surface area contributed by atoms with Crippen molar-refractivity contribution in [1.29, 1.82) is 0 Å². The van der Waals surface area contributed by atoms with E-state index in [2.05, 4.69) is 17.6 Å². The van der Waals surface area contributed by atoms with Crippen molar-refractivity contribution in [3.63, 3.8) is 0 Å². The maximum atomic E-state index is 12.1. The largest absolute Gasteiger partial charge is 0.365 e. The molecular formula is C16H30N2O2. The average Bonchev–Trinajstić information content (AvgIpc) is 2.94. The normalized spacial score (nSPS) is 29.3. The minimum atomic E-state index is -0.309. The van der Waals surface area contributed by atoms with Crippen LogP contribution in [0.2, 0.25) is 0 Å². The molecule has 2 fully saturated rings. The minimum absolute atomic E-state index is 0.0747. The highest BCUT2D eigenvalue weighted by Crippen LogP contribution is 2.23. The Morgan fingerprint density at radius 1 is 1.10 bits per heavy atom. The molecule has 0 heterocycles. The molecule has 4 nitrogen and oxygen atoms in total. The Labute approximate surface area is 123 Å². The van der Waals surface area contributed by atoms with Crippen LogP contribution in [-0.2, 0) is 9.53 Å². The van der Waals surface area contributed by atoms with E-state index in [1.54, 1.807) is 0 Å². The fraction of sp³-hybridized carbons (Fsp3) is 0.938. The molecule has 0 aromatic heterocycles. The second-order valence-electron chi connectivity index (χ2n) is 6.30. The highest BCUT2D eigenvalue weighted by molar-refractivity contribution is 5.80. The molecule has 1 amide bonds. The van der Waals surface area contributed by atoms with Gasteiger partial charge in [-0.05, 0) is 52.0 Å². The lowest BCUT2D eigenvalue weighted by molar-refractivity contribution is -0.137. The lowest BCUT2D eigenvalue weighted by atomic mass is 9.93. The van der Waals surface area contributed by atoms with Gasteiger partial charge in [-0.25, -0.2) is 0 Å². The van der Waals surface area contributed by atoms with Gasteiger partial charge in [-0.3, -0.25) is 4.79 Å². The molecule has 116 valence electrons. The summed E-state index contributed by atoms with van der Waals surface area (Å²) in [5.74, 6) is 0.0747. The minimum Gasteiger partial charge on any atom is -0.365 e. The third-order valence-electron chi connectivity index (χ3n) is 4.63. The number of carbonyl (C=O) groups excluding carboxylic acids is 1. The van der Waals surface area contributed by atoms with Crippen molar-refractivity contribution in [1.82, 2.24) is 10.6 Å². The molecule has 1 atom stereocenters. The summed E-state index contributed by atoms with van der Waals surface area (Å²) in [4.78, 5) is 12.1. The summed E-state index contributed by atoms with van der Waals surface area (Å²) in [6, 6.07) is 1.03. The van der Waals surface area contributed by atoms with E-state index in [-0.39, 0.29) is 18.1 Å². The summed E-state index contributed by atoms with van der Waals surface area (Å²) < 4.78 is 5.95. The first-order valence-electron chi connectivity index (χ1n) is 8.38. The summed E-state index contributed by atoms with van der Waals surface area (Å²) in [6.45, 7) is 5.08. The van der Waals surface area contributed by atoms with Crippen LogP contribution in [0.25, 0.3) is 0 Å². The average molecular weight is 282 g/mol. The van der Waals surface area contributed by atoms with Gasteiger partial charge in [0, 0.05) is 12.1 Å². The van der Waals surface area contributed by atoms with Gasteiger partial charge < -0.3 is 15.4 Å². The van der Waals surface area contributed by atoms with E-state index in [1.807, 2.05) is 6.92 Å². The highest BCUT2D eigenvalue weighted by Gasteiger charge is 2.26. The molecule has 2 N–H and O–H groups in total. The lowest BCUT2D eigenvalue weighted by Gasteiger charge is -2.30. The van der Waals surface area contributed by atoms with Crippen LogP contribution in [0.3, 0.4) is 0 Å². The number of ether oxygens (including phenoxy) is 1. The quantitative estimate of drug-likeness (QED) is 0.786. The Morgan fingerprint density at radius 2 is 1.75 bits per heavy atom. The van der Waals surface area contributed by atoms with E-state index in [1.165, 1.54) is 12.8 Å². The van der Waals surface area contributed by atoms with E-state index >= 15 is 0 Å². The first-order valence-corrected chi connectivity index (χ1v) is 8.38. The van der Waals surface area contributed by atoms with Crippen LogP contribution in [0.4, 0.5) is 0 Å². The zero-order valence-corrected chi connectivity index (χ0v) is 13.0. The number of nitrogens with one attached hydrogen (secondary N) is 2. The Morgan fingerprint density at radius 3 is 2.35 bits per heavy atom. The second-order valence-corrected chi connectivity index (χ2v) is 6.30. The van der Waals surface area contributed by atoms with Crippen LogP contribution in [-0.4, -0.2) is 36.7 Å². The maximum absolute atomic E-state index is 12.1. The summed E-state index contributed by atoms with van der Waals surface area (Å²) in [5.41, 5.74) is 0. The SMILES string of the molecule is CCNC1CCC(OC(C)C(=O)NC2CCCC2)CC1. The molecule has 20 heavy (non-hydrogen) atoms. The van der Waals surface area contributed by atoms with E-state index < -0.39 is 0 Å². The predicted octanol–water partition coefficient (Wildman–Crippen LogP) is 2.37. The Kier molecular flexibility index (Phi) is 6.30. The zero-order valence-electron chi connectivity index (χ0n) is 13.0. The topological polar surface area (TPSA) is 50.4 Å². The summed E-state index contributed by atoms with van der Waals surface area (Å²) >= 11 is 0. The van der Waals surface area contributed by atoms with Gasteiger partial charge in [0.15, 0.2) is 0 Å². The van der Waals surface area contributed by atoms with Crippen LogP contribution in [0.1, 0.15) is 65.2 Å². The van der Waals surface area contributed by atoms with Crippen molar-refractivity contribution in [2.75, 3.05) is 6.54 Å². The van der Waals surface area contributed by atoms with Gasteiger partial charge in [0.05, 0.1) is 6.10 Å². The van der Waals surface area contributed by atoms with E-state index in [0.717, 1.165) is 45.1 Å². The van der Waals surface area contributed by atoms with Crippen molar-refractivity contribution in [2.45, 2.75) is 89.5 Å². The smallest absolute Gasteiger partial charge is 0.249 e. The molecule has 0 aromatic carbocycles. The summed E-state index contributed by atoms with van der Waals surface area (Å²) in [6.07, 6.45) is 9.16. The van der Waals surface area contributed by atoms with Crippen molar-refractivity contribution >= 4 is 5.91 Å². The van der Waals surface area contributed by atoms with Gasteiger partial charge >= 0.3 is 0 Å². The number of hydrogen-bond donors (Lipinski definition) is 2. The molecule has 0 bridgehead atoms. The zero-order chi connectivity index (χ0) is 14.4. The number of amides is 1. The Bertz CT molecular complexity index is 295. The number of rotatable bonds is 6. The standard InChI is InChI=1S/C16H30N2O2/c1-3-17-13-8-10-15(11-9-13)20-12(2)16(19)18-14-6-4-5-7-14/h12-15,17H,3-11H2,1-2H3,(H,18,19). The Hall–Kier alpha value is -0.610. The van der Waals surface area contributed by atoms with E-state index in [0.29, 0.717) is 12.1 Å². The van der Waals surface area contributed by atoms with Gasteiger partial charge in [-0.1, -0.05) is 19.8 Å². The van der Waals surface area contributed by atoms with Crippen molar-refractivity contribution in [3.8, 4) is 0 Å². The van der Waals surface area contributed by atoms with Crippen molar-refractivity contribution in [2.24, 2.45) is 0 Å². The van der Waals surface area contributed by atoms with E-state index in [9.17, 15) is 4.79 Å². The first-order chi connectivity index (χ1) is 9.69. The monoisotopic (exact) mass is 282 g/mol. The lowest BCUT2D eigenvalue weighted by Crippen LogP contribution is -2.43. The first kappa shape index (κ1) is 15.8. The molecule has 1 unspecified atom stereocenters. The van der Waals surface area contributed by atoms with Gasteiger partial charge in [-0.2, -0.15) is 0 Å². The maximum Gasteiger partial charge on any atom is 0.249 e. The molecule has 4 heteroatoms. The van der Waals surface area contributed by atoms with Crippen LogP contribution in [0.15, 0.2) is 0 Å². The molecule has 0 aliphatic heterocycles. The van der Waals surface area contributed by atoms with Gasteiger partial charge in [0.2, 0.25) is 5.91 Å². The molecule has 2 saturated carbocycles. The molecule has 0 aromatic rings. The highest BCUT2D eigenvalue weighted by atomic mass is 16.5. The van der Waals surface area contributed by atoms with Gasteiger partial charge in [0.1, 0.15) is 6.10 Å². The summed E-state index contributed by atoms with van der Waals surface area (Å²) in [7, 11) is 0. The molecular weight excluding hydrogens is 252 g/mol. The van der Waals surface area contributed by atoms with Crippen LogP contribution < -0.4 is 10.6 Å². The molecule has 2 rings (SSSR count). The molecule has 2 aliphatic carbocycles. The fourth-order valence-corrected chi connectivity index (χ4v) is 3.43. The fourth-order valence-electron chi connectivity index (χ4n) is 3.43. The third kappa shape index (κ3) is 4.74. The number of hydrogen-bond acceptors (Lipinski definition) is 3. The van der Waals surface area contributed by atoms with Crippen molar-refractivity contribution in [3.05, 3.63) is 0 Å². The van der Waals surface area contributed by atoms with E-state index in [4.69, 9.17) is 4.74 Å². The molecule has 0 saturated heterocycles. The molecule has 2 aliphatic rings. The predicted molar refractivity (Wildman–Crippen MR) is 80.7 cm³/mol. The van der Waals surface area contributed by atoms with Crippen LogP contribution in [0, 0.1) is 0 Å². The molecule has 0 spiro atoms.